The second-order valence-corrected chi connectivity index (χ2v) is 6.69. The summed E-state index contributed by atoms with van der Waals surface area (Å²) >= 11 is 0. The number of para-hydroxylation sites is 1. The van der Waals surface area contributed by atoms with Crippen molar-refractivity contribution in [2.45, 2.75) is 26.4 Å². The number of ether oxygens (including phenoxy) is 2. The zero-order valence-corrected chi connectivity index (χ0v) is 15.4. The van der Waals surface area contributed by atoms with Gasteiger partial charge in [-0.15, -0.1) is 0 Å². The van der Waals surface area contributed by atoms with Crippen LogP contribution in [0.25, 0.3) is 0 Å². The van der Waals surface area contributed by atoms with Crippen LogP contribution in [-0.2, 0) is 11.3 Å². The van der Waals surface area contributed by atoms with Gasteiger partial charge >= 0.3 is 0 Å². The van der Waals surface area contributed by atoms with Gasteiger partial charge in [0.1, 0.15) is 5.75 Å². The van der Waals surface area contributed by atoms with Gasteiger partial charge in [0.25, 0.3) is 5.91 Å². The third-order valence-electron chi connectivity index (χ3n) is 4.69. The van der Waals surface area contributed by atoms with Gasteiger partial charge in [-0.25, -0.2) is 0 Å². The first-order valence-corrected chi connectivity index (χ1v) is 9.40. The van der Waals surface area contributed by atoms with Crippen molar-refractivity contribution in [3.8, 4) is 5.75 Å². The SMILES string of the molecule is CCOc1ccccc1C(=O)N1CCCC(COCc2ccccc2)C1. The third kappa shape index (κ3) is 4.85. The molecule has 1 heterocycles. The zero-order valence-electron chi connectivity index (χ0n) is 15.4. The van der Waals surface area contributed by atoms with Crippen LogP contribution in [0.1, 0.15) is 35.7 Å². The molecular weight excluding hydrogens is 326 g/mol. The number of piperidine rings is 1. The van der Waals surface area contributed by atoms with Gasteiger partial charge in [0.2, 0.25) is 0 Å². The Morgan fingerprint density at radius 2 is 1.88 bits per heavy atom. The molecule has 1 aliphatic heterocycles. The van der Waals surface area contributed by atoms with E-state index in [0.29, 0.717) is 37.1 Å². The monoisotopic (exact) mass is 353 g/mol. The molecule has 0 N–H and O–H groups in total. The molecule has 1 saturated heterocycles. The lowest BCUT2D eigenvalue weighted by Crippen LogP contribution is -2.41. The Balaban J connectivity index is 1.55. The Kier molecular flexibility index (Phi) is 6.67. The first-order valence-electron chi connectivity index (χ1n) is 9.40. The molecular formula is C22H27NO3. The summed E-state index contributed by atoms with van der Waals surface area (Å²) in [6.45, 7) is 5.34. The maximum Gasteiger partial charge on any atom is 0.257 e. The van der Waals surface area contributed by atoms with Crippen LogP contribution >= 0.6 is 0 Å². The first-order chi connectivity index (χ1) is 12.8. The van der Waals surface area contributed by atoms with Crippen molar-refractivity contribution in [1.82, 2.24) is 4.90 Å². The van der Waals surface area contributed by atoms with Crippen molar-refractivity contribution < 1.29 is 14.3 Å². The molecule has 1 aliphatic rings. The Bertz CT molecular complexity index is 702. The summed E-state index contributed by atoms with van der Waals surface area (Å²) in [4.78, 5) is 14.9. The molecule has 0 bridgehead atoms. The molecule has 0 saturated carbocycles. The van der Waals surface area contributed by atoms with Crippen molar-refractivity contribution in [3.63, 3.8) is 0 Å². The van der Waals surface area contributed by atoms with Crippen LogP contribution in [-0.4, -0.2) is 37.1 Å². The van der Waals surface area contributed by atoms with E-state index in [4.69, 9.17) is 9.47 Å². The minimum Gasteiger partial charge on any atom is -0.493 e. The maximum absolute atomic E-state index is 12.9. The highest BCUT2D eigenvalue weighted by atomic mass is 16.5. The summed E-state index contributed by atoms with van der Waals surface area (Å²) < 4.78 is 11.5. The number of hydrogen-bond acceptors (Lipinski definition) is 3. The van der Waals surface area contributed by atoms with Crippen LogP contribution in [0, 0.1) is 5.92 Å². The highest BCUT2D eigenvalue weighted by Crippen LogP contribution is 2.24. The molecule has 0 radical (unpaired) electrons. The predicted octanol–water partition coefficient (Wildman–Crippen LogP) is 4.15. The van der Waals surface area contributed by atoms with E-state index in [1.54, 1.807) is 0 Å². The van der Waals surface area contributed by atoms with E-state index >= 15 is 0 Å². The Morgan fingerprint density at radius 3 is 2.69 bits per heavy atom. The molecule has 2 aromatic rings. The van der Waals surface area contributed by atoms with Gasteiger partial charge in [0.05, 0.1) is 25.4 Å². The maximum atomic E-state index is 12.9. The van der Waals surface area contributed by atoms with E-state index in [2.05, 4.69) is 12.1 Å². The Labute approximate surface area is 155 Å². The van der Waals surface area contributed by atoms with E-state index in [1.165, 1.54) is 5.56 Å². The van der Waals surface area contributed by atoms with Crippen LogP contribution in [0.5, 0.6) is 5.75 Å². The number of carbonyl (C=O) groups excluding carboxylic acids is 1. The molecule has 1 unspecified atom stereocenters. The molecule has 0 spiro atoms. The van der Waals surface area contributed by atoms with Gasteiger partial charge in [0, 0.05) is 13.1 Å². The number of amides is 1. The van der Waals surface area contributed by atoms with Crippen molar-refractivity contribution in [2.75, 3.05) is 26.3 Å². The quantitative estimate of drug-likeness (QED) is 0.750. The lowest BCUT2D eigenvalue weighted by molar-refractivity contribution is 0.0423. The largest absolute Gasteiger partial charge is 0.493 e. The smallest absolute Gasteiger partial charge is 0.257 e. The number of likely N-dealkylation sites (tertiary alicyclic amines) is 1. The van der Waals surface area contributed by atoms with Gasteiger partial charge in [0.15, 0.2) is 0 Å². The lowest BCUT2D eigenvalue weighted by Gasteiger charge is -2.33. The average Bonchev–Trinajstić information content (AvgIpc) is 2.69. The Hall–Kier alpha value is -2.33. The molecule has 3 rings (SSSR count). The molecule has 2 aromatic carbocycles. The fourth-order valence-electron chi connectivity index (χ4n) is 3.40. The molecule has 4 nitrogen and oxygen atoms in total. The van der Waals surface area contributed by atoms with Gasteiger partial charge < -0.3 is 14.4 Å². The molecule has 0 aliphatic carbocycles. The van der Waals surface area contributed by atoms with Crippen molar-refractivity contribution >= 4 is 5.91 Å². The number of benzene rings is 2. The van der Waals surface area contributed by atoms with E-state index in [0.717, 1.165) is 25.9 Å². The molecule has 1 atom stereocenters. The molecule has 0 aromatic heterocycles. The van der Waals surface area contributed by atoms with Crippen LogP contribution < -0.4 is 4.74 Å². The summed E-state index contributed by atoms with van der Waals surface area (Å²) in [5.74, 6) is 1.11. The summed E-state index contributed by atoms with van der Waals surface area (Å²) in [5.41, 5.74) is 1.84. The molecule has 26 heavy (non-hydrogen) atoms. The van der Waals surface area contributed by atoms with Crippen LogP contribution in [0.3, 0.4) is 0 Å². The fraction of sp³-hybridized carbons (Fsp3) is 0.409. The third-order valence-corrected chi connectivity index (χ3v) is 4.69. The molecule has 1 amide bonds. The van der Waals surface area contributed by atoms with E-state index in [9.17, 15) is 4.79 Å². The van der Waals surface area contributed by atoms with Crippen molar-refractivity contribution in [1.29, 1.82) is 0 Å². The summed E-state index contributed by atoms with van der Waals surface area (Å²) in [7, 11) is 0. The summed E-state index contributed by atoms with van der Waals surface area (Å²) in [6.07, 6.45) is 2.12. The lowest BCUT2D eigenvalue weighted by atomic mass is 9.98. The Morgan fingerprint density at radius 1 is 1.12 bits per heavy atom. The number of rotatable bonds is 7. The molecule has 138 valence electrons. The zero-order chi connectivity index (χ0) is 18.2. The predicted molar refractivity (Wildman–Crippen MR) is 102 cm³/mol. The normalized spacial score (nSPS) is 17.1. The highest BCUT2D eigenvalue weighted by molar-refractivity contribution is 5.97. The highest BCUT2D eigenvalue weighted by Gasteiger charge is 2.26. The van der Waals surface area contributed by atoms with Crippen LogP contribution in [0.15, 0.2) is 54.6 Å². The van der Waals surface area contributed by atoms with Gasteiger partial charge in [-0.3, -0.25) is 4.79 Å². The molecule has 4 heteroatoms. The van der Waals surface area contributed by atoms with Crippen molar-refractivity contribution in [3.05, 3.63) is 65.7 Å². The second kappa shape index (κ2) is 9.39. The summed E-state index contributed by atoms with van der Waals surface area (Å²) in [6, 6.07) is 17.7. The van der Waals surface area contributed by atoms with E-state index < -0.39 is 0 Å². The van der Waals surface area contributed by atoms with E-state index in [1.807, 2.05) is 54.3 Å². The molecule has 1 fully saturated rings. The van der Waals surface area contributed by atoms with E-state index in [-0.39, 0.29) is 5.91 Å². The van der Waals surface area contributed by atoms with Gasteiger partial charge in [-0.1, -0.05) is 42.5 Å². The fourth-order valence-corrected chi connectivity index (χ4v) is 3.40. The second-order valence-electron chi connectivity index (χ2n) is 6.69. The summed E-state index contributed by atoms with van der Waals surface area (Å²) in [5, 5.41) is 0. The van der Waals surface area contributed by atoms with Gasteiger partial charge in [-0.05, 0) is 43.4 Å². The van der Waals surface area contributed by atoms with Crippen LogP contribution in [0.2, 0.25) is 0 Å². The minimum atomic E-state index is 0.0572. The number of nitrogens with zero attached hydrogens (tertiary/aromatic N) is 1. The number of hydrogen-bond donors (Lipinski definition) is 0. The van der Waals surface area contributed by atoms with Crippen molar-refractivity contribution in [2.24, 2.45) is 5.92 Å². The van der Waals surface area contributed by atoms with Gasteiger partial charge in [-0.2, -0.15) is 0 Å². The standard InChI is InChI=1S/C22H27NO3/c1-2-26-21-13-7-6-12-20(21)22(24)23-14-8-11-19(15-23)17-25-16-18-9-4-3-5-10-18/h3-7,9-10,12-13,19H,2,8,11,14-17H2,1H3. The topological polar surface area (TPSA) is 38.8 Å². The van der Waals surface area contributed by atoms with Crippen LogP contribution in [0.4, 0.5) is 0 Å². The average molecular weight is 353 g/mol. The number of carbonyl (C=O) groups is 1. The first kappa shape index (κ1) is 18.5. The minimum absolute atomic E-state index is 0.0572.